The maximum absolute atomic E-state index is 8.94. The highest BCUT2D eigenvalue weighted by Crippen LogP contribution is 2.22. The molecule has 2 rings (SSSR count). The first-order valence-corrected chi connectivity index (χ1v) is 5.86. The molecule has 0 heterocycles. The Morgan fingerprint density at radius 2 is 0.810 bits per heavy atom. The maximum atomic E-state index is 8.94. The summed E-state index contributed by atoms with van der Waals surface area (Å²) in [6.07, 6.45) is 0. The van der Waals surface area contributed by atoms with Crippen molar-refractivity contribution < 1.29 is 0 Å². The molecule has 0 saturated heterocycles. The first-order chi connectivity index (χ1) is 10.2. The lowest BCUT2D eigenvalue weighted by Gasteiger charge is -2.08. The van der Waals surface area contributed by atoms with E-state index in [2.05, 4.69) is 5.32 Å². The molecule has 0 atom stereocenters. The van der Waals surface area contributed by atoms with Gasteiger partial charge in [0.1, 0.15) is 0 Å². The minimum Gasteiger partial charge on any atom is -0.355 e. The highest BCUT2D eigenvalue weighted by atomic mass is 14.9. The van der Waals surface area contributed by atoms with Gasteiger partial charge in [0.05, 0.1) is 46.5 Å². The molecular weight excluding hydrogens is 262 g/mol. The van der Waals surface area contributed by atoms with Crippen molar-refractivity contribution in [1.29, 1.82) is 21.0 Å². The van der Waals surface area contributed by atoms with E-state index in [1.54, 1.807) is 24.3 Å². The minimum atomic E-state index is 0.355. The molecule has 0 amide bonds. The second kappa shape index (κ2) is 5.89. The number of nitrogens with zero attached hydrogens (tertiary/aromatic N) is 4. The Labute approximate surface area is 121 Å². The fraction of sp³-hybridized carbons (Fsp3) is 0. The molecule has 0 radical (unpaired) electrons. The van der Waals surface area contributed by atoms with E-state index >= 15 is 0 Å². The second-order valence-corrected chi connectivity index (χ2v) is 4.17. The highest BCUT2D eigenvalue weighted by molar-refractivity contribution is 5.66. The quantitative estimate of drug-likeness (QED) is 0.901. The van der Waals surface area contributed by atoms with Crippen LogP contribution in [-0.2, 0) is 0 Å². The Balaban J connectivity index is 2.44. The number of benzene rings is 2. The average Bonchev–Trinajstić information content (AvgIpc) is 2.53. The van der Waals surface area contributed by atoms with Crippen LogP contribution in [0.25, 0.3) is 0 Å². The zero-order valence-electron chi connectivity index (χ0n) is 10.8. The van der Waals surface area contributed by atoms with Crippen LogP contribution >= 0.6 is 0 Å². The van der Waals surface area contributed by atoms with Crippen molar-refractivity contribution in [1.82, 2.24) is 0 Å². The zero-order chi connectivity index (χ0) is 15.2. The molecule has 0 saturated carbocycles. The fourth-order valence-electron chi connectivity index (χ4n) is 1.82. The Morgan fingerprint density at radius 1 is 0.524 bits per heavy atom. The molecule has 0 fully saturated rings. The predicted molar refractivity (Wildman–Crippen MR) is 75.0 cm³/mol. The molecule has 0 bridgehead atoms. The molecular formula is C16H7N5. The summed E-state index contributed by atoms with van der Waals surface area (Å²) in [4.78, 5) is 0. The smallest absolute Gasteiger partial charge is 0.0992 e. The number of nitriles is 4. The third-order valence-electron chi connectivity index (χ3n) is 2.67. The first-order valence-electron chi connectivity index (χ1n) is 5.86. The SMILES string of the molecule is N#Cc1cc(C#N)cc(Nc2cc(C#N)cc(C#N)c2)c1. The van der Waals surface area contributed by atoms with Crippen LogP contribution in [0.4, 0.5) is 11.4 Å². The summed E-state index contributed by atoms with van der Waals surface area (Å²) in [6, 6.07) is 17.2. The van der Waals surface area contributed by atoms with Crippen LogP contribution < -0.4 is 5.32 Å². The van der Waals surface area contributed by atoms with E-state index in [0.29, 0.717) is 33.6 Å². The van der Waals surface area contributed by atoms with Gasteiger partial charge in [-0.2, -0.15) is 21.0 Å². The van der Waals surface area contributed by atoms with Gasteiger partial charge in [-0.05, 0) is 36.4 Å². The van der Waals surface area contributed by atoms with E-state index in [9.17, 15) is 0 Å². The average molecular weight is 269 g/mol. The van der Waals surface area contributed by atoms with Crippen LogP contribution in [0.2, 0.25) is 0 Å². The van der Waals surface area contributed by atoms with Gasteiger partial charge in [0.25, 0.3) is 0 Å². The van der Waals surface area contributed by atoms with Crippen LogP contribution in [0.5, 0.6) is 0 Å². The molecule has 0 aliphatic heterocycles. The van der Waals surface area contributed by atoms with Crippen LogP contribution in [-0.4, -0.2) is 0 Å². The lowest BCUT2D eigenvalue weighted by molar-refractivity contribution is 1.42. The van der Waals surface area contributed by atoms with Gasteiger partial charge in [-0.15, -0.1) is 0 Å². The molecule has 5 heteroatoms. The maximum Gasteiger partial charge on any atom is 0.0992 e. The summed E-state index contributed by atoms with van der Waals surface area (Å²) in [6.45, 7) is 0. The minimum absolute atomic E-state index is 0.355. The van der Waals surface area contributed by atoms with Gasteiger partial charge in [-0.3, -0.25) is 0 Å². The molecule has 0 aromatic heterocycles. The van der Waals surface area contributed by atoms with E-state index in [1.165, 1.54) is 12.1 Å². The van der Waals surface area contributed by atoms with E-state index in [1.807, 2.05) is 24.3 Å². The summed E-state index contributed by atoms with van der Waals surface area (Å²) >= 11 is 0. The van der Waals surface area contributed by atoms with Gasteiger partial charge in [-0.25, -0.2) is 0 Å². The Hall–Kier alpha value is -3.80. The monoisotopic (exact) mass is 269 g/mol. The summed E-state index contributed by atoms with van der Waals surface area (Å²) in [5.74, 6) is 0. The highest BCUT2D eigenvalue weighted by Gasteiger charge is 2.04. The van der Waals surface area contributed by atoms with Gasteiger partial charge in [0, 0.05) is 11.4 Å². The number of rotatable bonds is 2. The van der Waals surface area contributed by atoms with E-state index in [4.69, 9.17) is 21.0 Å². The topological polar surface area (TPSA) is 107 Å². The van der Waals surface area contributed by atoms with Crippen molar-refractivity contribution in [3.63, 3.8) is 0 Å². The predicted octanol–water partition coefficient (Wildman–Crippen LogP) is 2.92. The Bertz CT molecular complexity index is 731. The van der Waals surface area contributed by atoms with Gasteiger partial charge in [-0.1, -0.05) is 0 Å². The molecule has 0 aliphatic carbocycles. The molecule has 5 nitrogen and oxygen atoms in total. The lowest BCUT2D eigenvalue weighted by Crippen LogP contribution is -1.94. The summed E-state index contributed by atoms with van der Waals surface area (Å²) in [5, 5.41) is 38.8. The normalized spacial score (nSPS) is 8.76. The lowest BCUT2D eigenvalue weighted by atomic mass is 10.1. The van der Waals surface area contributed by atoms with Gasteiger partial charge >= 0.3 is 0 Å². The van der Waals surface area contributed by atoms with Crippen molar-refractivity contribution in [2.24, 2.45) is 0 Å². The van der Waals surface area contributed by atoms with Gasteiger partial charge in [0.2, 0.25) is 0 Å². The van der Waals surface area contributed by atoms with Crippen LogP contribution in [0, 0.1) is 45.3 Å². The molecule has 2 aromatic carbocycles. The van der Waals surface area contributed by atoms with Crippen molar-refractivity contribution in [2.45, 2.75) is 0 Å². The van der Waals surface area contributed by atoms with Crippen molar-refractivity contribution in [3.05, 3.63) is 58.7 Å². The van der Waals surface area contributed by atoms with E-state index in [0.717, 1.165) is 0 Å². The molecule has 96 valence electrons. The number of anilines is 2. The van der Waals surface area contributed by atoms with E-state index in [-0.39, 0.29) is 0 Å². The summed E-state index contributed by atoms with van der Waals surface area (Å²) < 4.78 is 0. The molecule has 0 unspecified atom stereocenters. The second-order valence-electron chi connectivity index (χ2n) is 4.17. The number of hydrogen-bond acceptors (Lipinski definition) is 5. The number of nitrogens with one attached hydrogen (secondary N) is 1. The largest absolute Gasteiger partial charge is 0.355 e. The summed E-state index contributed by atoms with van der Waals surface area (Å²) in [5.41, 5.74) is 2.51. The molecule has 0 aliphatic rings. The summed E-state index contributed by atoms with van der Waals surface area (Å²) in [7, 11) is 0. The van der Waals surface area contributed by atoms with Crippen molar-refractivity contribution >= 4 is 11.4 Å². The van der Waals surface area contributed by atoms with Crippen molar-refractivity contribution in [3.8, 4) is 24.3 Å². The molecule has 2 aromatic rings. The van der Waals surface area contributed by atoms with Crippen molar-refractivity contribution in [2.75, 3.05) is 5.32 Å². The zero-order valence-corrected chi connectivity index (χ0v) is 10.8. The molecule has 1 N–H and O–H groups in total. The fourth-order valence-corrected chi connectivity index (χ4v) is 1.82. The van der Waals surface area contributed by atoms with Crippen LogP contribution in [0.3, 0.4) is 0 Å². The standard InChI is InChI=1S/C16H7N5/c17-7-11-1-12(8-18)4-15(3-11)21-16-5-13(9-19)2-14(6-16)10-20/h1-6,21H. The van der Waals surface area contributed by atoms with E-state index < -0.39 is 0 Å². The van der Waals surface area contributed by atoms with Crippen LogP contribution in [0.15, 0.2) is 36.4 Å². The Kier molecular flexibility index (Phi) is 3.82. The van der Waals surface area contributed by atoms with Gasteiger partial charge in [0.15, 0.2) is 0 Å². The third-order valence-corrected chi connectivity index (χ3v) is 2.67. The third kappa shape index (κ3) is 3.15. The molecule has 21 heavy (non-hydrogen) atoms. The number of hydrogen-bond donors (Lipinski definition) is 1. The van der Waals surface area contributed by atoms with Crippen LogP contribution in [0.1, 0.15) is 22.3 Å². The molecule has 0 spiro atoms. The Morgan fingerprint density at radius 3 is 1.05 bits per heavy atom. The van der Waals surface area contributed by atoms with Gasteiger partial charge < -0.3 is 5.32 Å². The first kappa shape index (κ1) is 13.6.